The number of fused-ring (bicyclic) bond motifs is 5. The summed E-state index contributed by atoms with van der Waals surface area (Å²) in [6.45, 7) is 0. The minimum Gasteiger partial charge on any atom is -0.497 e. The van der Waals surface area contributed by atoms with Gasteiger partial charge in [-0.1, -0.05) is 30.3 Å². The summed E-state index contributed by atoms with van der Waals surface area (Å²) in [7, 11) is 1.73. The van der Waals surface area contributed by atoms with Gasteiger partial charge in [0.05, 0.1) is 18.8 Å². The molecule has 0 spiro atoms. The number of pyridine rings is 1. The Morgan fingerprint density at radius 2 is 1.88 bits per heavy atom. The first-order valence-corrected chi connectivity index (χ1v) is 8.78. The molecular weight excluding hydrogens is 308 g/mol. The Bertz CT molecular complexity index is 922. The van der Waals surface area contributed by atoms with E-state index in [1.165, 1.54) is 22.4 Å². The van der Waals surface area contributed by atoms with Crippen LogP contribution in [0.25, 0.3) is 0 Å². The van der Waals surface area contributed by atoms with E-state index in [1.807, 2.05) is 18.3 Å². The van der Waals surface area contributed by atoms with Gasteiger partial charge < -0.3 is 10.1 Å². The minimum absolute atomic E-state index is 0.222. The summed E-state index contributed by atoms with van der Waals surface area (Å²) in [6, 6.07) is 21.6. The molecule has 0 fully saturated rings. The zero-order chi connectivity index (χ0) is 16.8. The Morgan fingerprint density at radius 3 is 2.72 bits per heavy atom. The van der Waals surface area contributed by atoms with Gasteiger partial charge >= 0.3 is 0 Å². The van der Waals surface area contributed by atoms with Crippen molar-refractivity contribution < 1.29 is 4.74 Å². The van der Waals surface area contributed by atoms with E-state index in [2.05, 4.69) is 58.8 Å². The van der Waals surface area contributed by atoms with Gasteiger partial charge in [0, 0.05) is 17.8 Å². The van der Waals surface area contributed by atoms with Crippen molar-refractivity contribution in [2.45, 2.75) is 18.4 Å². The second kappa shape index (κ2) is 5.62. The second-order valence-electron chi connectivity index (χ2n) is 6.87. The summed E-state index contributed by atoms with van der Waals surface area (Å²) in [4.78, 5) is 4.65. The highest BCUT2D eigenvalue weighted by atomic mass is 16.5. The topological polar surface area (TPSA) is 34.1 Å². The maximum Gasteiger partial charge on any atom is 0.119 e. The maximum absolute atomic E-state index is 5.49. The smallest absolute Gasteiger partial charge is 0.119 e. The molecule has 124 valence electrons. The molecular formula is C22H20N2O. The Kier molecular flexibility index (Phi) is 3.27. The Labute approximate surface area is 147 Å². The second-order valence-corrected chi connectivity index (χ2v) is 6.87. The van der Waals surface area contributed by atoms with Crippen molar-refractivity contribution >= 4 is 5.69 Å². The van der Waals surface area contributed by atoms with Gasteiger partial charge in [0.25, 0.3) is 0 Å². The van der Waals surface area contributed by atoms with Gasteiger partial charge in [0.15, 0.2) is 0 Å². The highest BCUT2D eigenvalue weighted by molar-refractivity contribution is 5.64. The van der Waals surface area contributed by atoms with Crippen LogP contribution >= 0.6 is 0 Å². The predicted octanol–water partition coefficient (Wildman–Crippen LogP) is 4.56. The van der Waals surface area contributed by atoms with Crippen LogP contribution in [0.15, 0.2) is 66.9 Å². The molecule has 2 aromatic carbocycles. The molecule has 0 bridgehead atoms. The molecule has 0 radical (unpaired) electrons. The highest BCUT2D eigenvalue weighted by Gasteiger charge is 2.43. The summed E-state index contributed by atoms with van der Waals surface area (Å²) in [5.74, 6) is 1.77. The van der Waals surface area contributed by atoms with E-state index in [9.17, 15) is 0 Å². The molecule has 3 heteroatoms. The fraction of sp³-hybridized carbons (Fsp3) is 0.227. The van der Waals surface area contributed by atoms with Crippen molar-refractivity contribution in [3.8, 4) is 5.75 Å². The van der Waals surface area contributed by atoms with E-state index in [0.29, 0.717) is 11.8 Å². The fourth-order valence-electron chi connectivity index (χ4n) is 4.52. The van der Waals surface area contributed by atoms with E-state index in [1.54, 1.807) is 7.11 Å². The lowest BCUT2D eigenvalue weighted by Crippen LogP contribution is -2.30. The summed E-state index contributed by atoms with van der Waals surface area (Å²) in [5.41, 5.74) is 6.54. The third kappa shape index (κ3) is 2.23. The van der Waals surface area contributed by atoms with Gasteiger partial charge in [0.1, 0.15) is 5.75 Å². The summed E-state index contributed by atoms with van der Waals surface area (Å²) < 4.78 is 5.49. The van der Waals surface area contributed by atoms with Crippen LogP contribution in [0.3, 0.4) is 0 Å². The third-order valence-corrected chi connectivity index (χ3v) is 5.61. The molecule has 25 heavy (non-hydrogen) atoms. The number of nitrogens with one attached hydrogen (secondary N) is 1. The van der Waals surface area contributed by atoms with Crippen LogP contribution in [0.2, 0.25) is 0 Å². The zero-order valence-corrected chi connectivity index (χ0v) is 14.1. The molecule has 3 atom stereocenters. The standard InChI is InChI=1S/C22H20N2O/c1-25-15-9-10-19-17(13-15)21-16-7-3-2-6-14(16)12-18(21)22(24-19)20-8-4-5-11-23-20/h2-11,13,18,21-22,24H,12H2,1H3/t18-,21-,22+/m0/s1. The molecule has 0 saturated carbocycles. The summed E-state index contributed by atoms with van der Waals surface area (Å²) in [6.07, 6.45) is 2.96. The minimum atomic E-state index is 0.222. The van der Waals surface area contributed by atoms with Crippen LogP contribution in [-0.2, 0) is 6.42 Å². The number of hydrogen-bond acceptors (Lipinski definition) is 3. The van der Waals surface area contributed by atoms with Gasteiger partial charge in [-0.15, -0.1) is 0 Å². The van der Waals surface area contributed by atoms with Crippen LogP contribution in [-0.4, -0.2) is 12.1 Å². The van der Waals surface area contributed by atoms with E-state index < -0.39 is 0 Å². The summed E-state index contributed by atoms with van der Waals surface area (Å²) in [5, 5.41) is 3.75. The number of benzene rings is 2. The largest absolute Gasteiger partial charge is 0.497 e. The lowest BCUT2D eigenvalue weighted by atomic mass is 9.76. The number of nitrogens with zero attached hydrogens (tertiary/aromatic N) is 1. The first kappa shape index (κ1) is 14.5. The monoisotopic (exact) mass is 328 g/mol. The molecule has 3 aromatic rings. The molecule has 2 heterocycles. The number of ether oxygens (including phenoxy) is 1. The van der Waals surface area contributed by atoms with Crippen LogP contribution in [0.4, 0.5) is 5.69 Å². The average Bonchev–Trinajstić information content (AvgIpc) is 3.07. The lowest BCUT2D eigenvalue weighted by Gasteiger charge is -2.37. The average molecular weight is 328 g/mol. The quantitative estimate of drug-likeness (QED) is 0.749. The molecule has 0 unspecified atom stereocenters. The Hall–Kier alpha value is -2.81. The molecule has 1 aromatic heterocycles. The Morgan fingerprint density at radius 1 is 1.00 bits per heavy atom. The van der Waals surface area contributed by atoms with Crippen LogP contribution in [0, 0.1) is 5.92 Å². The molecule has 1 aliphatic heterocycles. The number of rotatable bonds is 2. The number of methoxy groups -OCH3 is 1. The van der Waals surface area contributed by atoms with E-state index >= 15 is 0 Å². The van der Waals surface area contributed by atoms with E-state index in [-0.39, 0.29) is 6.04 Å². The SMILES string of the molecule is COc1ccc2c(c1)[C@@H]1c3ccccc3C[C@@H]1[C@H](c1ccccn1)N2. The predicted molar refractivity (Wildman–Crippen MR) is 99.1 cm³/mol. The third-order valence-electron chi connectivity index (χ3n) is 5.61. The maximum atomic E-state index is 5.49. The number of aromatic nitrogens is 1. The van der Waals surface area contributed by atoms with Crippen molar-refractivity contribution in [3.05, 3.63) is 89.2 Å². The van der Waals surface area contributed by atoms with Crippen LogP contribution < -0.4 is 10.1 Å². The molecule has 1 aliphatic carbocycles. The first-order valence-electron chi connectivity index (χ1n) is 8.78. The molecule has 0 amide bonds. The van der Waals surface area contributed by atoms with Gasteiger partial charge in [-0.05, 0) is 59.4 Å². The van der Waals surface area contributed by atoms with Crippen molar-refractivity contribution in [1.29, 1.82) is 0 Å². The van der Waals surface area contributed by atoms with Crippen molar-refractivity contribution in [3.63, 3.8) is 0 Å². The molecule has 1 N–H and O–H groups in total. The van der Waals surface area contributed by atoms with Gasteiger partial charge in [-0.2, -0.15) is 0 Å². The van der Waals surface area contributed by atoms with Crippen molar-refractivity contribution in [1.82, 2.24) is 4.98 Å². The van der Waals surface area contributed by atoms with E-state index in [0.717, 1.165) is 17.9 Å². The van der Waals surface area contributed by atoms with Gasteiger partial charge in [-0.3, -0.25) is 4.98 Å². The lowest BCUT2D eigenvalue weighted by molar-refractivity contribution is 0.401. The zero-order valence-electron chi connectivity index (χ0n) is 14.1. The van der Waals surface area contributed by atoms with Crippen LogP contribution in [0.5, 0.6) is 5.75 Å². The van der Waals surface area contributed by atoms with Gasteiger partial charge in [-0.25, -0.2) is 0 Å². The van der Waals surface area contributed by atoms with Gasteiger partial charge in [0.2, 0.25) is 0 Å². The molecule has 3 nitrogen and oxygen atoms in total. The number of anilines is 1. The highest BCUT2D eigenvalue weighted by Crippen LogP contribution is 2.53. The van der Waals surface area contributed by atoms with E-state index in [4.69, 9.17) is 4.74 Å². The number of hydrogen-bond donors (Lipinski definition) is 1. The fourth-order valence-corrected chi connectivity index (χ4v) is 4.52. The molecule has 5 rings (SSSR count). The molecule has 2 aliphatic rings. The normalized spacial score (nSPS) is 23.2. The van der Waals surface area contributed by atoms with Crippen molar-refractivity contribution in [2.75, 3.05) is 12.4 Å². The van der Waals surface area contributed by atoms with Crippen molar-refractivity contribution in [2.24, 2.45) is 5.92 Å². The Balaban J connectivity index is 1.69. The summed E-state index contributed by atoms with van der Waals surface area (Å²) >= 11 is 0. The van der Waals surface area contributed by atoms with Crippen LogP contribution in [0.1, 0.15) is 34.3 Å². The first-order chi connectivity index (χ1) is 12.3. The molecule has 0 saturated heterocycles.